The van der Waals surface area contributed by atoms with Crippen molar-refractivity contribution in [1.82, 2.24) is 0 Å². The highest BCUT2D eigenvalue weighted by molar-refractivity contribution is 5.58. The number of nitrogens with two attached hydrogens (primary N) is 1. The number of hydrogen-bond donors (Lipinski definition) is 1. The van der Waals surface area contributed by atoms with Gasteiger partial charge in [-0.15, -0.1) is 0 Å². The molecule has 1 aromatic rings. The molecular formula is C15H22N2. The van der Waals surface area contributed by atoms with Crippen molar-refractivity contribution in [2.24, 2.45) is 11.7 Å². The van der Waals surface area contributed by atoms with Gasteiger partial charge < -0.3 is 10.6 Å². The van der Waals surface area contributed by atoms with Gasteiger partial charge in [-0.05, 0) is 56.7 Å². The first kappa shape index (κ1) is 11.1. The number of aryl methyl sites for hydroxylation is 2. The molecule has 1 saturated heterocycles. The molecule has 2 N–H and O–H groups in total. The van der Waals surface area contributed by atoms with E-state index in [4.69, 9.17) is 5.73 Å². The van der Waals surface area contributed by atoms with Gasteiger partial charge in [-0.3, -0.25) is 0 Å². The summed E-state index contributed by atoms with van der Waals surface area (Å²) in [5, 5.41) is 0. The van der Waals surface area contributed by atoms with E-state index in [1.54, 1.807) is 5.56 Å². The first-order valence-corrected chi connectivity index (χ1v) is 6.86. The summed E-state index contributed by atoms with van der Waals surface area (Å²) in [5.74, 6) is 0.707. The number of anilines is 1. The number of benzene rings is 1. The molecule has 0 saturated carbocycles. The molecule has 2 aliphatic heterocycles. The van der Waals surface area contributed by atoms with E-state index in [0.29, 0.717) is 12.0 Å². The SMILES string of the molecule is Cc1ccc2c(c1)CCC1C(CN)CCCN21. The van der Waals surface area contributed by atoms with Gasteiger partial charge in [0, 0.05) is 18.3 Å². The molecule has 2 heteroatoms. The van der Waals surface area contributed by atoms with Gasteiger partial charge >= 0.3 is 0 Å². The first-order chi connectivity index (χ1) is 8.29. The Labute approximate surface area is 104 Å². The molecule has 2 unspecified atom stereocenters. The van der Waals surface area contributed by atoms with Gasteiger partial charge in [-0.2, -0.15) is 0 Å². The fraction of sp³-hybridized carbons (Fsp3) is 0.600. The van der Waals surface area contributed by atoms with Crippen molar-refractivity contribution < 1.29 is 0 Å². The summed E-state index contributed by atoms with van der Waals surface area (Å²) in [6.45, 7) is 4.25. The Morgan fingerprint density at radius 3 is 3.06 bits per heavy atom. The Hall–Kier alpha value is -1.02. The Morgan fingerprint density at radius 2 is 2.24 bits per heavy atom. The predicted octanol–water partition coefficient (Wildman–Crippen LogP) is 2.48. The molecule has 17 heavy (non-hydrogen) atoms. The maximum atomic E-state index is 5.93. The average molecular weight is 230 g/mol. The van der Waals surface area contributed by atoms with Crippen LogP contribution in [0, 0.1) is 12.8 Å². The molecule has 0 aromatic heterocycles. The summed E-state index contributed by atoms with van der Waals surface area (Å²) in [5.41, 5.74) is 10.3. The lowest BCUT2D eigenvalue weighted by molar-refractivity contribution is 0.306. The third-order valence-corrected chi connectivity index (χ3v) is 4.48. The van der Waals surface area contributed by atoms with Crippen LogP contribution in [0.25, 0.3) is 0 Å². The van der Waals surface area contributed by atoms with Gasteiger partial charge in [0.15, 0.2) is 0 Å². The van der Waals surface area contributed by atoms with Gasteiger partial charge in [0.2, 0.25) is 0 Å². The summed E-state index contributed by atoms with van der Waals surface area (Å²) in [6, 6.07) is 7.62. The zero-order valence-corrected chi connectivity index (χ0v) is 10.7. The number of piperidine rings is 1. The van der Waals surface area contributed by atoms with Gasteiger partial charge in [0.25, 0.3) is 0 Å². The molecule has 2 aliphatic rings. The van der Waals surface area contributed by atoms with Crippen LogP contribution >= 0.6 is 0 Å². The van der Waals surface area contributed by atoms with Crippen molar-refractivity contribution in [2.45, 2.75) is 38.6 Å². The second-order valence-electron chi connectivity index (χ2n) is 5.57. The molecule has 2 nitrogen and oxygen atoms in total. The highest BCUT2D eigenvalue weighted by atomic mass is 15.2. The van der Waals surface area contributed by atoms with Gasteiger partial charge in [-0.1, -0.05) is 17.7 Å². The summed E-state index contributed by atoms with van der Waals surface area (Å²) in [4.78, 5) is 2.62. The van der Waals surface area contributed by atoms with Crippen molar-refractivity contribution in [2.75, 3.05) is 18.0 Å². The summed E-state index contributed by atoms with van der Waals surface area (Å²) < 4.78 is 0. The fourth-order valence-corrected chi connectivity index (χ4v) is 3.60. The fourth-order valence-electron chi connectivity index (χ4n) is 3.60. The van der Waals surface area contributed by atoms with Crippen molar-refractivity contribution in [3.63, 3.8) is 0 Å². The second kappa shape index (κ2) is 4.34. The summed E-state index contributed by atoms with van der Waals surface area (Å²) >= 11 is 0. The number of hydrogen-bond acceptors (Lipinski definition) is 2. The molecule has 0 spiro atoms. The maximum absolute atomic E-state index is 5.93. The van der Waals surface area contributed by atoms with Crippen LogP contribution < -0.4 is 10.6 Å². The molecule has 0 radical (unpaired) electrons. The van der Waals surface area contributed by atoms with E-state index < -0.39 is 0 Å². The standard InChI is InChI=1S/C15H22N2/c1-11-4-6-14-12(9-11)5-7-15-13(10-16)3-2-8-17(14)15/h4,6,9,13,15H,2-3,5,7-8,10,16H2,1H3. The van der Waals surface area contributed by atoms with Crippen LogP contribution in [0.4, 0.5) is 5.69 Å². The molecule has 2 heterocycles. The monoisotopic (exact) mass is 230 g/mol. The van der Waals surface area contributed by atoms with Crippen LogP contribution in [0.5, 0.6) is 0 Å². The van der Waals surface area contributed by atoms with E-state index in [-0.39, 0.29) is 0 Å². The van der Waals surface area contributed by atoms with Crippen LogP contribution in [0.2, 0.25) is 0 Å². The van der Waals surface area contributed by atoms with Crippen molar-refractivity contribution in [3.05, 3.63) is 29.3 Å². The highest BCUT2D eigenvalue weighted by Gasteiger charge is 2.34. The third kappa shape index (κ3) is 1.85. The van der Waals surface area contributed by atoms with Crippen LogP contribution in [-0.4, -0.2) is 19.1 Å². The maximum Gasteiger partial charge on any atom is 0.0401 e. The molecule has 0 aliphatic carbocycles. The normalized spacial score (nSPS) is 27.5. The number of nitrogens with zero attached hydrogens (tertiary/aromatic N) is 1. The van der Waals surface area contributed by atoms with E-state index in [2.05, 4.69) is 30.0 Å². The van der Waals surface area contributed by atoms with E-state index in [1.807, 2.05) is 0 Å². The lowest BCUT2D eigenvalue weighted by Crippen LogP contribution is -2.50. The minimum Gasteiger partial charge on any atom is -0.368 e. The van der Waals surface area contributed by atoms with Crippen LogP contribution in [-0.2, 0) is 6.42 Å². The zero-order chi connectivity index (χ0) is 11.8. The van der Waals surface area contributed by atoms with E-state index in [9.17, 15) is 0 Å². The van der Waals surface area contributed by atoms with Crippen molar-refractivity contribution in [3.8, 4) is 0 Å². The van der Waals surface area contributed by atoms with Gasteiger partial charge in [0.1, 0.15) is 0 Å². The smallest absolute Gasteiger partial charge is 0.0401 e. The molecule has 1 fully saturated rings. The zero-order valence-electron chi connectivity index (χ0n) is 10.7. The minimum atomic E-state index is 0.698. The van der Waals surface area contributed by atoms with E-state index in [1.165, 1.54) is 43.5 Å². The lowest BCUT2D eigenvalue weighted by atomic mass is 9.81. The summed E-state index contributed by atoms with van der Waals surface area (Å²) in [7, 11) is 0. The molecular weight excluding hydrogens is 208 g/mol. The Balaban J connectivity index is 1.95. The predicted molar refractivity (Wildman–Crippen MR) is 72.4 cm³/mol. The third-order valence-electron chi connectivity index (χ3n) is 4.48. The lowest BCUT2D eigenvalue weighted by Gasteiger charge is -2.46. The topological polar surface area (TPSA) is 29.3 Å². The van der Waals surface area contributed by atoms with E-state index >= 15 is 0 Å². The molecule has 92 valence electrons. The highest BCUT2D eigenvalue weighted by Crippen LogP contribution is 2.37. The average Bonchev–Trinajstić information content (AvgIpc) is 2.37. The molecule has 0 bridgehead atoms. The van der Waals surface area contributed by atoms with Crippen LogP contribution in [0.1, 0.15) is 30.4 Å². The molecule has 1 aromatic carbocycles. The van der Waals surface area contributed by atoms with E-state index in [0.717, 1.165) is 6.54 Å². The largest absolute Gasteiger partial charge is 0.368 e. The van der Waals surface area contributed by atoms with Crippen molar-refractivity contribution in [1.29, 1.82) is 0 Å². The van der Waals surface area contributed by atoms with Crippen LogP contribution in [0.15, 0.2) is 18.2 Å². The first-order valence-electron chi connectivity index (χ1n) is 6.86. The number of fused-ring (bicyclic) bond motifs is 3. The Kier molecular flexibility index (Phi) is 2.83. The van der Waals surface area contributed by atoms with Gasteiger partial charge in [-0.25, -0.2) is 0 Å². The van der Waals surface area contributed by atoms with Crippen molar-refractivity contribution >= 4 is 5.69 Å². The quantitative estimate of drug-likeness (QED) is 0.803. The minimum absolute atomic E-state index is 0.698. The Bertz CT molecular complexity index is 413. The molecule has 2 atom stereocenters. The molecule has 3 rings (SSSR count). The number of rotatable bonds is 1. The Morgan fingerprint density at radius 1 is 1.35 bits per heavy atom. The van der Waals surface area contributed by atoms with Crippen LogP contribution in [0.3, 0.4) is 0 Å². The van der Waals surface area contributed by atoms with Gasteiger partial charge in [0.05, 0.1) is 0 Å². The second-order valence-corrected chi connectivity index (χ2v) is 5.57. The summed E-state index contributed by atoms with van der Waals surface area (Å²) in [6.07, 6.45) is 5.14. The molecule has 0 amide bonds.